The molecule has 1 aromatic carbocycles. The van der Waals surface area contributed by atoms with Crippen LogP contribution in [0.4, 0.5) is 0 Å². The van der Waals surface area contributed by atoms with E-state index in [9.17, 15) is 0 Å². The third-order valence-corrected chi connectivity index (χ3v) is 4.49. The lowest BCUT2D eigenvalue weighted by atomic mass is 9.98. The molecule has 0 aliphatic carbocycles. The first-order chi connectivity index (χ1) is 8.12. The Balaban J connectivity index is 1.78. The van der Waals surface area contributed by atoms with Gasteiger partial charge in [-0.3, -0.25) is 0 Å². The van der Waals surface area contributed by atoms with Crippen LogP contribution < -0.4 is 5.73 Å². The Hall–Kier alpha value is -0.510. The molecule has 0 bridgehead atoms. The van der Waals surface area contributed by atoms with Crippen LogP contribution >= 0.6 is 11.8 Å². The molecule has 0 radical (unpaired) electrons. The standard InChI is InChI=1S/C14H21NOS/c1-11(2)8-14(13(15)17-14)10-16-9-12-6-4-3-5-7-12/h3-7,11,13H,8-10,15H2,1-2H3/t13?,14-/m0/s1. The first kappa shape index (κ1) is 12.9. The Morgan fingerprint density at radius 2 is 2.00 bits per heavy atom. The molecule has 94 valence electrons. The first-order valence-corrected chi connectivity index (χ1v) is 7.05. The third kappa shape index (κ3) is 3.47. The van der Waals surface area contributed by atoms with E-state index in [-0.39, 0.29) is 10.1 Å². The largest absolute Gasteiger partial charge is 0.375 e. The molecule has 1 fully saturated rings. The van der Waals surface area contributed by atoms with Crippen LogP contribution in [0.3, 0.4) is 0 Å². The smallest absolute Gasteiger partial charge is 0.0717 e. The van der Waals surface area contributed by atoms with Crippen molar-refractivity contribution < 1.29 is 4.74 Å². The molecule has 1 aromatic rings. The molecular formula is C14H21NOS. The maximum atomic E-state index is 6.01. The van der Waals surface area contributed by atoms with Crippen molar-refractivity contribution in [1.29, 1.82) is 0 Å². The van der Waals surface area contributed by atoms with Crippen molar-refractivity contribution in [3.05, 3.63) is 35.9 Å². The minimum absolute atomic E-state index is 0.183. The highest BCUT2D eigenvalue weighted by Crippen LogP contribution is 2.54. The van der Waals surface area contributed by atoms with Crippen molar-refractivity contribution >= 4 is 11.8 Å². The number of hydrogen-bond donors (Lipinski definition) is 1. The summed E-state index contributed by atoms with van der Waals surface area (Å²) in [6.45, 7) is 5.94. The second kappa shape index (κ2) is 5.42. The molecule has 1 aliphatic rings. The zero-order valence-electron chi connectivity index (χ0n) is 10.6. The molecule has 1 heterocycles. The van der Waals surface area contributed by atoms with E-state index < -0.39 is 0 Å². The van der Waals surface area contributed by atoms with Gasteiger partial charge in [0.1, 0.15) is 0 Å². The second-order valence-corrected chi connectivity index (χ2v) is 6.74. The molecule has 17 heavy (non-hydrogen) atoms. The molecule has 2 atom stereocenters. The van der Waals surface area contributed by atoms with Gasteiger partial charge in [-0.15, -0.1) is 11.8 Å². The van der Waals surface area contributed by atoms with Gasteiger partial charge in [0.15, 0.2) is 0 Å². The second-order valence-electron chi connectivity index (χ2n) is 5.18. The molecule has 2 N–H and O–H groups in total. The van der Waals surface area contributed by atoms with E-state index in [0.717, 1.165) is 13.0 Å². The van der Waals surface area contributed by atoms with E-state index in [0.29, 0.717) is 12.5 Å². The lowest BCUT2D eigenvalue weighted by Crippen LogP contribution is -2.28. The first-order valence-electron chi connectivity index (χ1n) is 6.17. The average Bonchev–Trinajstić information content (AvgIpc) is 2.89. The third-order valence-electron chi connectivity index (χ3n) is 3.03. The predicted molar refractivity (Wildman–Crippen MR) is 73.9 cm³/mol. The van der Waals surface area contributed by atoms with Gasteiger partial charge in [-0.2, -0.15) is 0 Å². The Bertz CT molecular complexity index is 354. The van der Waals surface area contributed by atoms with Crippen LogP contribution in [-0.2, 0) is 11.3 Å². The highest BCUT2D eigenvalue weighted by atomic mass is 32.2. The fourth-order valence-electron chi connectivity index (χ4n) is 2.17. The quantitative estimate of drug-likeness (QED) is 0.789. The zero-order valence-corrected chi connectivity index (χ0v) is 11.4. The number of nitrogens with two attached hydrogens (primary N) is 1. The average molecular weight is 251 g/mol. The normalized spacial score (nSPS) is 27.4. The number of ether oxygens (including phenoxy) is 1. The molecule has 2 rings (SSSR count). The predicted octanol–water partition coefficient (Wildman–Crippen LogP) is 3.02. The van der Waals surface area contributed by atoms with Crippen LogP contribution in [0.5, 0.6) is 0 Å². The van der Waals surface area contributed by atoms with E-state index in [1.807, 2.05) is 30.0 Å². The minimum atomic E-state index is 0.183. The van der Waals surface area contributed by atoms with Crippen LogP contribution in [-0.4, -0.2) is 16.7 Å². The fraction of sp³-hybridized carbons (Fsp3) is 0.571. The van der Waals surface area contributed by atoms with Gasteiger partial charge in [0.25, 0.3) is 0 Å². The Morgan fingerprint density at radius 1 is 1.35 bits per heavy atom. The van der Waals surface area contributed by atoms with E-state index in [4.69, 9.17) is 10.5 Å². The van der Waals surface area contributed by atoms with Gasteiger partial charge in [0.05, 0.1) is 23.3 Å². The van der Waals surface area contributed by atoms with Crippen molar-refractivity contribution in [3.8, 4) is 0 Å². The van der Waals surface area contributed by atoms with Crippen molar-refractivity contribution in [1.82, 2.24) is 0 Å². The van der Waals surface area contributed by atoms with Crippen LogP contribution in [0.15, 0.2) is 30.3 Å². The summed E-state index contributed by atoms with van der Waals surface area (Å²) in [5.74, 6) is 0.677. The summed E-state index contributed by atoms with van der Waals surface area (Å²) in [4.78, 5) is 0. The van der Waals surface area contributed by atoms with Crippen LogP contribution in [0.25, 0.3) is 0 Å². The van der Waals surface area contributed by atoms with Gasteiger partial charge in [-0.05, 0) is 17.9 Å². The van der Waals surface area contributed by atoms with Gasteiger partial charge in [-0.1, -0.05) is 44.2 Å². The number of benzene rings is 1. The molecule has 3 heteroatoms. The highest BCUT2D eigenvalue weighted by Gasteiger charge is 2.53. The molecule has 1 saturated heterocycles. The molecule has 2 nitrogen and oxygen atoms in total. The molecule has 0 aromatic heterocycles. The number of hydrogen-bond acceptors (Lipinski definition) is 3. The molecule has 1 aliphatic heterocycles. The Morgan fingerprint density at radius 3 is 2.53 bits per heavy atom. The van der Waals surface area contributed by atoms with E-state index in [2.05, 4.69) is 26.0 Å². The molecule has 0 spiro atoms. The maximum Gasteiger partial charge on any atom is 0.0717 e. The Kier molecular flexibility index (Phi) is 4.13. The van der Waals surface area contributed by atoms with Crippen molar-refractivity contribution in [2.24, 2.45) is 11.7 Å². The van der Waals surface area contributed by atoms with Crippen molar-refractivity contribution in [3.63, 3.8) is 0 Å². The minimum Gasteiger partial charge on any atom is -0.375 e. The Labute approximate surface area is 108 Å². The van der Waals surface area contributed by atoms with Gasteiger partial charge in [0.2, 0.25) is 0 Å². The summed E-state index contributed by atoms with van der Waals surface area (Å²) in [6, 6.07) is 10.3. The summed E-state index contributed by atoms with van der Waals surface area (Å²) in [7, 11) is 0. The summed E-state index contributed by atoms with van der Waals surface area (Å²) < 4.78 is 6.00. The fourth-order valence-corrected chi connectivity index (χ4v) is 3.35. The zero-order chi connectivity index (χ0) is 12.3. The van der Waals surface area contributed by atoms with Crippen molar-refractivity contribution in [2.75, 3.05) is 6.61 Å². The lowest BCUT2D eigenvalue weighted by molar-refractivity contribution is 0.100. The van der Waals surface area contributed by atoms with Crippen LogP contribution in [0.2, 0.25) is 0 Å². The highest BCUT2D eigenvalue weighted by molar-refractivity contribution is 8.08. The summed E-state index contributed by atoms with van der Waals surface area (Å²) in [5, 5.41) is 0.265. The molecule has 1 unspecified atom stereocenters. The molecular weight excluding hydrogens is 230 g/mol. The summed E-state index contributed by atoms with van der Waals surface area (Å²) in [6.07, 6.45) is 1.15. The lowest BCUT2D eigenvalue weighted by Gasteiger charge is -2.17. The van der Waals surface area contributed by atoms with Gasteiger partial charge < -0.3 is 10.5 Å². The number of thioether (sulfide) groups is 1. The topological polar surface area (TPSA) is 35.2 Å². The maximum absolute atomic E-state index is 6.01. The van der Waals surface area contributed by atoms with E-state index in [1.165, 1.54) is 5.56 Å². The van der Waals surface area contributed by atoms with Crippen LogP contribution in [0.1, 0.15) is 25.8 Å². The van der Waals surface area contributed by atoms with E-state index in [1.54, 1.807) is 0 Å². The number of rotatable bonds is 6. The monoisotopic (exact) mass is 251 g/mol. The molecule has 0 saturated carbocycles. The SMILES string of the molecule is CC(C)C[C@@]1(COCc2ccccc2)SC1N. The van der Waals surface area contributed by atoms with Gasteiger partial charge in [-0.25, -0.2) is 0 Å². The van der Waals surface area contributed by atoms with Crippen LogP contribution in [0, 0.1) is 5.92 Å². The van der Waals surface area contributed by atoms with Gasteiger partial charge in [0, 0.05) is 0 Å². The summed E-state index contributed by atoms with van der Waals surface area (Å²) in [5.41, 5.74) is 7.24. The molecule has 0 amide bonds. The van der Waals surface area contributed by atoms with Gasteiger partial charge >= 0.3 is 0 Å². The van der Waals surface area contributed by atoms with Crippen molar-refractivity contribution in [2.45, 2.75) is 37.0 Å². The van der Waals surface area contributed by atoms with E-state index >= 15 is 0 Å². The summed E-state index contributed by atoms with van der Waals surface area (Å²) >= 11 is 1.86.